The monoisotopic (exact) mass is 331 g/mol. The van der Waals surface area contributed by atoms with Gasteiger partial charge in [0.15, 0.2) is 0 Å². The van der Waals surface area contributed by atoms with E-state index < -0.39 is 4.92 Å². The standard InChI is InChI=1S/C7H4Cl2INO2/c8-3-4-6(11(12)13)2-1-5(10)7(4)9/h1-2H,3H2. The molecule has 0 atom stereocenters. The summed E-state index contributed by atoms with van der Waals surface area (Å²) < 4.78 is 0.764. The zero-order valence-corrected chi connectivity index (χ0v) is 9.93. The van der Waals surface area contributed by atoms with Crippen LogP contribution in [0.4, 0.5) is 5.69 Å². The predicted molar refractivity (Wildman–Crippen MR) is 60.4 cm³/mol. The zero-order chi connectivity index (χ0) is 10.0. The summed E-state index contributed by atoms with van der Waals surface area (Å²) in [6.45, 7) is 0. The third-order valence-corrected chi connectivity index (χ3v) is 3.42. The lowest BCUT2D eigenvalue weighted by Crippen LogP contribution is -1.95. The lowest BCUT2D eigenvalue weighted by molar-refractivity contribution is -0.385. The highest BCUT2D eigenvalue weighted by atomic mass is 127. The van der Waals surface area contributed by atoms with Crippen LogP contribution in [-0.2, 0) is 5.88 Å². The van der Waals surface area contributed by atoms with Crippen LogP contribution in [-0.4, -0.2) is 4.92 Å². The van der Waals surface area contributed by atoms with Crippen molar-refractivity contribution in [2.75, 3.05) is 0 Å². The molecular formula is C7H4Cl2INO2. The van der Waals surface area contributed by atoms with E-state index in [-0.39, 0.29) is 11.6 Å². The molecule has 0 amide bonds. The molecule has 0 radical (unpaired) electrons. The van der Waals surface area contributed by atoms with Gasteiger partial charge in [-0.05, 0) is 28.7 Å². The first-order valence-corrected chi connectivity index (χ1v) is 5.24. The van der Waals surface area contributed by atoms with E-state index >= 15 is 0 Å². The average Bonchev–Trinajstić information content (AvgIpc) is 2.09. The highest BCUT2D eigenvalue weighted by Gasteiger charge is 2.17. The van der Waals surface area contributed by atoms with Gasteiger partial charge in [0.1, 0.15) is 0 Å². The van der Waals surface area contributed by atoms with Crippen LogP contribution in [0.3, 0.4) is 0 Å². The summed E-state index contributed by atoms with van der Waals surface area (Å²) >= 11 is 13.4. The van der Waals surface area contributed by atoms with Crippen LogP contribution in [0, 0.1) is 13.7 Å². The summed E-state index contributed by atoms with van der Waals surface area (Å²) in [5, 5.41) is 10.9. The van der Waals surface area contributed by atoms with Gasteiger partial charge in [-0.15, -0.1) is 11.6 Å². The van der Waals surface area contributed by atoms with Gasteiger partial charge in [-0.3, -0.25) is 10.1 Å². The van der Waals surface area contributed by atoms with Crippen molar-refractivity contribution in [1.29, 1.82) is 0 Å². The highest BCUT2D eigenvalue weighted by molar-refractivity contribution is 14.1. The Kier molecular flexibility index (Phi) is 3.75. The lowest BCUT2D eigenvalue weighted by atomic mass is 10.2. The lowest BCUT2D eigenvalue weighted by Gasteiger charge is -2.02. The van der Waals surface area contributed by atoms with E-state index in [0.717, 1.165) is 3.57 Å². The minimum Gasteiger partial charge on any atom is -0.258 e. The third-order valence-electron chi connectivity index (χ3n) is 1.50. The minimum atomic E-state index is -0.486. The molecular weight excluding hydrogens is 328 g/mol. The van der Waals surface area contributed by atoms with Crippen LogP contribution >= 0.6 is 45.8 Å². The van der Waals surface area contributed by atoms with Crippen LogP contribution in [0.2, 0.25) is 5.02 Å². The van der Waals surface area contributed by atoms with Crippen LogP contribution in [0.5, 0.6) is 0 Å². The van der Waals surface area contributed by atoms with E-state index in [1.54, 1.807) is 6.07 Å². The summed E-state index contributed by atoms with van der Waals surface area (Å²) in [6, 6.07) is 3.00. The second kappa shape index (κ2) is 4.43. The molecule has 0 aliphatic carbocycles. The molecule has 0 bridgehead atoms. The van der Waals surface area contributed by atoms with Gasteiger partial charge in [0.2, 0.25) is 0 Å². The molecule has 0 aromatic heterocycles. The van der Waals surface area contributed by atoms with Crippen molar-refractivity contribution in [3.05, 3.63) is 36.4 Å². The third kappa shape index (κ3) is 2.24. The Morgan fingerprint density at radius 1 is 1.54 bits per heavy atom. The summed E-state index contributed by atoms with van der Waals surface area (Å²) in [5.74, 6) is 0.0476. The van der Waals surface area contributed by atoms with E-state index in [1.807, 2.05) is 22.6 Å². The molecule has 1 aromatic rings. The van der Waals surface area contributed by atoms with Gasteiger partial charge in [-0.1, -0.05) is 11.6 Å². The van der Waals surface area contributed by atoms with Gasteiger partial charge in [0.25, 0.3) is 5.69 Å². The van der Waals surface area contributed by atoms with Crippen LogP contribution in [0.25, 0.3) is 0 Å². The Balaban J connectivity index is 3.38. The first-order chi connectivity index (χ1) is 6.07. The fourth-order valence-corrected chi connectivity index (χ4v) is 1.95. The maximum absolute atomic E-state index is 10.5. The van der Waals surface area contributed by atoms with Crippen LogP contribution in [0.1, 0.15) is 5.56 Å². The maximum atomic E-state index is 10.5. The number of nitrogens with zero attached hydrogens (tertiary/aromatic N) is 1. The first-order valence-electron chi connectivity index (χ1n) is 3.25. The van der Waals surface area contributed by atoms with Gasteiger partial charge < -0.3 is 0 Å². The van der Waals surface area contributed by atoms with Gasteiger partial charge >= 0.3 is 0 Å². The maximum Gasteiger partial charge on any atom is 0.275 e. The molecule has 13 heavy (non-hydrogen) atoms. The SMILES string of the molecule is O=[N+]([O-])c1ccc(I)c(Cl)c1CCl. The van der Waals surface area contributed by atoms with Crippen molar-refractivity contribution in [2.45, 2.75) is 5.88 Å². The second-order valence-electron chi connectivity index (χ2n) is 2.25. The van der Waals surface area contributed by atoms with Crippen molar-refractivity contribution in [2.24, 2.45) is 0 Å². The molecule has 70 valence electrons. The summed E-state index contributed by atoms with van der Waals surface area (Å²) in [4.78, 5) is 10.0. The first kappa shape index (κ1) is 11.0. The van der Waals surface area contributed by atoms with Crippen molar-refractivity contribution >= 4 is 51.5 Å². The Morgan fingerprint density at radius 3 is 2.62 bits per heavy atom. The van der Waals surface area contributed by atoms with E-state index in [0.29, 0.717) is 10.6 Å². The Bertz CT molecular complexity index is 357. The number of hydrogen-bond donors (Lipinski definition) is 0. The molecule has 6 heteroatoms. The van der Waals surface area contributed by atoms with Crippen molar-refractivity contribution in [3.8, 4) is 0 Å². The molecule has 0 unspecified atom stereocenters. The van der Waals surface area contributed by atoms with Crippen LogP contribution < -0.4 is 0 Å². The molecule has 0 fully saturated rings. The largest absolute Gasteiger partial charge is 0.275 e. The van der Waals surface area contributed by atoms with Crippen molar-refractivity contribution < 1.29 is 4.92 Å². The fraction of sp³-hybridized carbons (Fsp3) is 0.143. The second-order valence-corrected chi connectivity index (χ2v) is 4.06. The summed E-state index contributed by atoms with van der Waals surface area (Å²) in [5.41, 5.74) is 0.348. The van der Waals surface area contributed by atoms with E-state index in [4.69, 9.17) is 23.2 Å². The van der Waals surface area contributed by atoms with Gasteiger partial charge in [-0.25, -0.2) is 0 Å². The molecule has 0 saturated heterocycles. The minimum absolute atomic E-state index is 0.0274. The topological polar surface area (TPSA) is 43.1 Å². The number of rotatable bonds is 2. The Morgan fingerprint density at radius 2 is 2.15 bits per heavy atom. The Hall–Kier alpha value is -0.0700. The summed E-state index contributed by atoms with van der Waals surface area (Å²) in [6.07, 6.45) is 0. The Labute approximate surface area is 98.3 Å². The number of nitro benzene ring substituents is 1. The smallest absolute Gasteiger partial charge is 0.258 e. The summed E-state index contributed by atoms with van der Waals surface area (Å²) in [7, 11) is 0. The average molecular weight is 332 g/mol. The molecule has 1 aromatic carbocycles. The number of halogens is 3. The molecule has 0 saturated carbocycles. The predicted octanol–water partition coefficient (Wildman–Crippen LogP) is 3.59. The molecule has 0 spiro atoms. The van der Waals surface area contributed by atoms with E-state index in [1.165, 1.54) is 6.07 Å². The molecule has 0 aliphatic rings. The van der Waals surface area contributed by atoms with Gasteiger partial charge in [0, 0.05) is 9.64 Å². The van der Waals surface area contributed by atoms with E-state index in [2.05, 4.69) is 0 Å². The molecule has 0 aliphatic heterocycles. The highest BCUT2D eigenvalue weighted by Crippen LogP contribution is 2.31. The molecule has 0 heterocycles. The molecule has 0 N–H and O–H groups in total. The fourth-order valence-electron chi connectivity index (χ4n) is 0.881. The van der Waals surface area contributed by atoms with Crippen LogP contribution in [0.15, 0.2) is 12.1 Å². The van der Waals surface area contributed by atoms with Gasteiger partial charge in [-0.2, -0.15) is 0 Å². The molecule has 3 nitrogen and oxygen atoms in total. The normalized spacial score (nSPS) is 10.1. The van der Waals surface area contributed by atoms with E-state index in [9.17, 15) is 10.1 Å². The zero-order valence-electron chi connectivity index (χ0n) is 6.26. The molecule has 1 rings (SSSR count). The van der Waals surface area contributed by atoms with Crippen molar-refractivity contribution in [1.82, 2.24) is 0 Å². The van der Waals surface area contributed by atoms with Gasteiger partial charge in [0.05, 0.1) is 21.4 Å². The van der Waals surface area contributed by atoms with Crippen molar-refractivity contribution in [3.63, 3.8) is 0 Å². The number of alkyl halides is 1. The number of nitro groups is 1. The number of hydrogen-bond acceptors (Lipinski definition) is 2. The quantitative estimate of drug-likeness (QED) is 0.360. The number of benzene rings is 1.